The molecule has 224 valence electrons. The summed E-state index contributed by atoms with van der Waals surface area (Å²) in [6, 6.07) is 0.208. The second kappa shape index (κ2) is 16.6. The van der Waals surface area contributed by atoms with Crippen LogP contribution >= 0.6 is 0 Å². The van der Waals surface area contributed by atoms with E-state index in [0.717, 1.165) is 36.9 Å². The highest BCUT2D eigenvalue weighted by atomic mass is 16.6. The summed E-state index contributed by atoms with van der Waals surface area (Å²) >= 11 is 0. The molecule has 39 heavy (non-hydrogen) atoms. The fraction of sp³-hybridized carbons (Fsp3) is 0.794. The van der Waals surface area contributed by atoms with Crippen LogP contribution in [-0.4, -0.2) is 42.4 Å². The minimum Gasteiger partial charge on any atom is -0.338 e. The first-order chi connectivity index (χ1) is 18.6. The fourth-order valence-corrected chi connectivity index (χ4v) is 7.05. The van der Waals surface area contributed by atoms with E-state index in [4.69, 9.17) is 10.6 Å². The zero-order valence-electron chi connectivity index (χ0n) is 26.7. The van der Waals surface area contributed by atoms with E-state index in [1.165, 1.54) is 70.6 Å². The third-order valence-corrected chi connectivity index (χ3v) is 9.79. The van der Waals surface area contributed by atoms with Gasteiger partial charge in [-0.15, -0.1) is 0 Å². The molecule has 0 amide bonds. The maximum Gasteiger partial charge on any atom is 0.232 e. The van der Waals surface area contributed by atoms with Crippen LogP contribution in [0.1, 0.15) is 118 Å². The SMILES string of the molecule is C=C/C=C(/CCCC1CCC(/C(C)=N/OC(=C)N(CCC(N)CCCC)N(C)C)C1C)C(C)(CCC)C1CC1. The van der Waals surface area contributed by atoms with Gasteiger partial charge in [0.2, 0.25) is 5.88 Å². The molecule has 0 aromatic carbocycles. The third-order valence-electron chi connectivity index (χ3n) is 9.79. The fourth-order valence-electron chi connectivity index (χ4n) is 7.05. The first-order valence-electron chi connectivity index (χ1n) is 16.0. The number of allylic oxidation sites excluding steroid dienone is 3. The van der Waals surface area contributed by atoms with Gasteiger partial charge in [0.15, 0.2) is 0 Å². The summed E-state index contributed by atoms with van der Waals surface area (Å²) in [7, 11) is 4.02. The average molecular weight is 543 g/mol. The summed E-state index contributed by atoms with van der Waals surface area (Å²) in [5.74, 6) is 3.32. The molecule has 2 aliphatic carbocycles. The molecule has 2 rings (SSSR count). The summed E-state index contributed by atoms with van der Waals surface area (Å²) < 4.78 is 0. The molecule has 0 aliphatic heterocycles. The Bertz CT molecular complexity index is 814. The topological polar surface area (TPSA) is 54.1 Å². The summed E-state index contributed by atoms with van der Waals surface area (Å²) in [6.45, 7) is 20.6. The van der Waals surface area contributed by atoms with Crippen molar-refractivity contribution in [2.45, 2.75) is 124 Å². The Morgan fingerprint density at radius 1 is 1.13 bits per heavy atom. The van der Waals surface area contributed by atoms with Crippen LogP contribution in [0.5, 0.6) is 0 Å². The Balaban J connectivity index is 1.88. The molecule has 0 bridgehead atoms. The van der Waals surface area contributed by atoms with Gasteiger partial charge in [-0.1, -0.05) is 76.4 Å². The normalized spacial score (nSPS) is 24.5. The van der Waals surface area contributed by atoms with Gasteiger partial charge in [-0.3, -0.25) is 5.01 Å². The van der Waals surface area contributed by atoms with E-state index in [-0.39, 0.29) is 6.04 Å². The minimum atomic E-state index is 0.208. The second-order valence-corrected chi connectivity index (χ2v) is 12.9. The molecule has 2 aliphatic rings. The van der Waals surface area contributed by atoms with Gasteiger partial charge in [0.1, 0.15) is 0 Å². The lowest BCUT2D eigenvalue weighted by molar-refractivity contribution is -0.0144. The number of oxime groups is 1. The van der Waals surface area contributed by atoms with Crippen molar-refractivity contribution in [1.82, 2.24) is 10.0 Å². The van der Waals surface area contributed by atoms with Crippen LogP contribution in [0.25, 0.3) is 0 Å². The molecule has 0 saturated heterocycles. The van der Waals surface area contributed by atoms with Crippen LogP contribution in [0.3, 0.4) is 0 Å². The maximum absolute atomic E-state index is 6.31. The number of nitrogens with two attached hydrogens (primary N) is 1. The summed E-state index contributed by atoms with van der Waals surface area (Å²) in [5.41, 5.74) is 9.42. The van der Waals surface area contributed by atoms with Gasteiger partial charge in [-0.05, 0) is 101 Å². The quantitative estimate of drug-likeness (QED) is 0.0723. The van der Waals surface area contributed by atoms with Crippen LogP contribution in [0.15, 0.2) is 41.9 Å². The van der Waals surface area contributed by atoms with E-state index in [1.807, 2.05) is 30.2 Å². The summed E-state index contributed by atoms with van der Waals surface area (Å²) in [4.78, 5) is 5.88. The molecule has 2 N–H and O–H groups in total. The van der Waals surface area contributed by atoms with Crippen molar-refractivity contribution in [3.05, 3.63) is 36.8 Å². The van der Waals surface area contributed by atoms with E-state index in [1.54, 1.807) is 5.57 Å². The lowest BCUT2D eigenvalue weighted by Crippen LogP contribution is -2.39. The highest BCUT2D eigenvalue weighted by Crippen LogP contribution is 2.54. The van der Waals surface area contributed by atoms with E-state index in [2.05, 4.69) is 59.0 Å². The van der Waals surface area contributed by atoms with E-state index < -0.39 is 0 Å². The predicted molar refractivity (Wildman–Crippen MR) is 169 cm³/mol. The van der Waals surface area contributed by atoms with Gasteiger partial charge in [0.25, 0.3) is 0 Å². The zero-order valence-corrected chi connectivity index (χ0v) is 26.7. The van der Waals surface area contributed by atoms with Crippen LogP contribution in [-0.2, 0) is 4.84 Å². The van der Waals surface area contributed by atoms with Gasteiger partial charge in [0.05, 0.1) is 5.71 Å². The van der Waals surface area contributed by atoms with E-state index >= 15 is 0 Å². The van der Waals surface area contributed by atoms with Crippen LogP contribution in [0.4, 0.5) is 0 Å². The van der Waals surface area contributed by atoms with Crippen molar-refractivity contribution < 1.29 is 4.84 Å². The third kappa shape index (κ3) is 10.1. The van der Waals surface area contributed by atoms with Crippen LogP contribution < -0.4 is 5.73 Å². The Morgan fingerprint density at radius 3 is 2.44 bits per heavy atom. The lowest BCUT2D eigenvalue weighted by atomic mass is 9.71. The molecule has 2 saturated carbocycles. The molecule has 0 radical (unpaired) electrons. The molecule has 5 nitrogen and oxygen atoms in total. The smallest absolute Gasteiger partial charge is 0.232 e. The van der Waals surface area contributed by atoms with Crippen molar-refractivity contribution in [3.63, 3.8) is 0 Å². The molecule has 5 unspecified atom stereocenters. The van der Waals surface area contributed by atoms with Crippen molar-refractivity contribution in [1.29, 1.82) is 0 Å². The number of hydrazine groups is 1. The van der Waals surface area contributed by atoms with Gasteiger partial charge in [-0.25, -0.2) is 5.01 Å². The first-order valence-corrected chi connectivity index (χ1v) is 16.0. The Kier molecular flexibility index (Phi) is 14.3. The second-order valence-electron chi connectivity index (χ2n) is 12.9. The summed E-state index contributed by atoms with van der Waals surface area (Å²) in [5, 5.41) is 8.63. The average Bonchev–Trinajstić information content (AvgIpc) is 3.69. The van der Waals surface area contributed by atoms with Crippen molar-refractivity contribution >= 4 is 5.71 Å². The molecule has 0 aromatic rings. The van der Waals surface area contributed by atoms with Gasteiger partial charge >= 0.3 is 0 Å². The number of unbranched alkanes of at least 4 members (excludes halogenated alkanes) is 1. The minimum absolute atomic E-state index is 0.208. The largest absolute Gasteiger partial charge is 0.338 e. The Morgan fingerprint density at radius 2 is 1.85 bits per heavy atom. The molecule has 0 aromatic heterocycles. The highest BCUT2D eigenvalue weighted by molar-refractivity contribution is 5.84. The molecular weight excluding hydrogens is 480 g/mol. The molecule has 5 heteroatoms. The Labute approximate surface area is 241 Å². The van der Waals surface area contributed by atoms with Crippen LogP contribution in [0, 0.1) is 29.1 Å². The van der Waals surface area contributed by atoms with Crippen molar-refractivity contribution in [3.8, 4) is 0 Å². The predicted octanol–water partition coefficient (Wildman–Crippen LogP) is 8.70. The van der Waals surface area contributed by atoms with E-state index in [0.29, 0.717) is 23.1 Å². The van der Waals surface area contributed by atoms with Gasteiger partial charge in [0, 0.05) is 32.6 Å². The monoisotopic (exact) mass is 542 g/mol. The van der Waals surface area contributed by atoms with Gasteiger partial charge < -0.3 is 10.6 Å². The number of nitrogens with zero attached hydrogens (tertiary/aromatic N) is 3. The van der Waals surface area contributed by atoms with E-state index in [9.17, 15) is 0 Å². The van der Waals surface area contributed by atoms with Crippen molar-refractivity contribution in [2.75, 3.05) is 20.6 Å². The summed E-state index contributed by atoms with van der Waals surface area (Å²) in [6.07, 6.45) is 20.3. The first kappa shape index (κ1) is 33.6. The molecule has 5 atom stereocenters. The maximum atomic E-state index is 6.31. The number of hydrogen-bond donors (Lipinski definition) is 1. The van der Waals surface area contributed by atoms with Crippen molar-refractivity contribution in [2.24, 2.45) is 40.0 Å². The number of hydrogen-bond acceptors (Lipinski definition) is 5. The number of rotatable bonds is 20. The Hall–Kier alpha value is -1.59. The molecule has 2 fully saturated rings. The zero-order chi connectivity index (χ0) is 29.0. The van der Waals surface area contributed by atoms with Gasteiger partial charge in [-0.2, -0.15) is 0 Å². The highest BCUT2D eigenvalue weighted by Gasteiger charge is 2.43. The van der Waals surface area contributed by atoms with Crippen LogP contribution in [0.2, 0.25) is 0 Å². The standard InChI is InChI=1S/C34H62N4O/c1-10-13-18-32(35)23-25-38(37(8)9)28(6)39-36-27(5)33-22-19-29(26(33)4)16-14-17-30(15-11-2)34(7,24-12-3)31-20-21-31/h11,15,26,29,31-33H,2,6,10,12-14,16-25,35H2,1,3-5,7-9H3/b30-15-,36-27+. The molecule has 0 heterocycles. The lowest BCUT2D eigenvalue weighted by Gasteiger charge is -2.33. The molecule has 0 spiro atoms. The molecular formula is C34H62N4O.